The number of hydrogen-bond donors (Lipinski definition) is 1. The minimum atomic E-state index is -0.769. The summed E-state index contributed by atoms with van der Waals surface area (Å²) >= 11 is 2.96. The van der Waals surface area contributed by atoms with E-state index in [9.17, 15) is 9.59 Å². The standard InChI is InChI=1S/C19H15N3O3S2/c1-12(25-13-6-3-2-4-7-13)17(23)21-22-11-20-18-16(19(22)24)14(10-27-18)15-8-5-9-26-15/h2-12H,1H3,(H,21,23)/t12-/m0/s1. The molecular formula is C19H15N3O3S2. The largest absolute Gasteiger partial charge is 0.481 e. The quantitative estimate of drug-likeness (QED) is 0.557. The van der Waals surface area contributed by atoms with Crippen LogP contribution in [0.15, 0.2) is 64.3 Å². The maximum atomic E-state index is 12.9. The molecule has 1 aromatic carbocycles. The van der Waals surface area contributed by atoms with Crippen molar-refractivity contribution in [3.05, 3.63) is 69.9 Å². The van der Waals surface area contributed by atoms with Gasteiger partial charge >= 0.3 is 0 Å². The van der Waals surface area contributed by atoms with Gasteiger partial charge in [0.05, 0.1) is 5.39 Å². The van der Waals surface area contributed by atoms with E-state index in [1.807, 2.05) is 41.1 Å². The molecule has 6 nitrogen and oxygen atoms in total. The molecule has 0 aliphatic carbocycles. The van der Waals surface area contributed by atoms with Crippen molar-refractivity contribution in [1.82, 2.24) is 9.66 Å². The number of benzene rings is 1. The van der Waals surface area contributed by atoms with Gasteiger partial charge in [0.25, 0.3) is 11.5 Å². The van der Waals surface area contributed by atoms with Crippen LogP contribution < -0.4 is 15.7 Å². The van der Waals surface area contributed by atoms with Crippen molar-refractivity contribution in [2.45, 2.75) is 13.0 Å². The third kappa shape index (κ3) is 3.49. The zero-order valence-corrected chi connectivity index (χ0v) is 15.9. The van der Waals surface area contributed by atoms with Crippen LogP contribution in [0.1, 0.15) is 6.92 Å². The van der Waals surface area contributed by atoms with Gasteiger partial charge in [0.15, 0.2) is 6.10 Å². The number of amides is 1. The first-order valence-electron chi connectivity index (χ1n) is 8.19. The number of nitrogens with one attached hydrogen (secondary N) is 1. The number of carbonyl (C=O) groups is 1. The van der Waals surface area contributed by atoms with Gasteiger partial charge in [-0.25, -0.2) is 9.66 Å². The molecule has 0 unspecified atom stereocenters. The molecule has 0 aliphatic heterocycles. The van der Waals surface area contributed by atoms with Crippen LogP contribution in [0.25, 0.3) is 20.7 Å². The first-order chi connectivity index (χ1) is 13.1. The van der Waals surface area contributed by atoms with Gasteiger partial charge in [0.1, 0.15) is 16.9 Å². The summed E-state index contributed by atoms with van der Waals surface area (Å²) in [7, 11) is 0. The first kappa shape index (κ1) is 17.4. The van der Waals surface area contributed by atoms with Crippen molar-refractivity contribution >= 4 is 38.8 Å². The van der Waals surface area contributed by atoms with Crippen LogP contribution in [-0.4, -0.2) is 21.7 Å². The monoisotopic (exact) mass is 397 g/mol. The van der Waals surface area contributed by atoms with Crippen LogP contribution in [0.3, 0.4) is 0 Å². The molecule has 136 valence electrons. The molecule has 0 radical (unpaired) electrons. The van der Waals surface area contributed by atoms with Crippen molar-refractivity contribution in [2.75, 3.05) is 5.43 Å². The van der Waals surface area contributed by atoms with E-state index in [1.54, 1.807) is 30.4 Å². The molecule has 4 rings (SSSR count). The summed E-state index contributed by atoms with van der Waals surface area (Å²) in [5, 5.41) is 4.37. The lowest BCUT2D eigenvalue weighted by Gasteiger charge is -2.15. The summed E-state index contributed by atoms with van der Waals surface area (Å²) in [5.74, 6) is 0.147. The number of ether oxygens (including phenoxy) is 1. The topological polar surface area (TPSA) is 73.2 Å². The molecule has 1 amide bonds. The minimum absolute atomic E-state index is 0.315. The highest BCUT2D eigenvalue weighted by Gasteiger charge is 2.18. The Balaban J connectivity index is 1.60. The number of fused-ring (bicyclic) bond motifs is 1. The molecule has 1 atom stereocenters. The van der Waals surface area contributed by atoms with E-state index in [4.69, 9.17) is 4.74 Å². The van der Waals surface area contributed by atoms with Gasteiger partial charge in [-0.15, -0.1) is 22.7 Å². The number of rotatable bonds is 5. The predicted octanol–water partition coefficient (Wildman–Crippen LogP) is 3.72. The molecular weight excluding hydrogens is 382 g/mol. The number of para-hydroxylation sites is 1. The minimum Gasteiger partial charge on any atom is -0.481 e. The van der Waals surface area contributed by atoms with Crippen LogP contribution in [0, 0.1) is 0 Å². The molecule has 4 aromatic rings. The number of aromatic nitrogens is 2. The van der Waals surface area contributed by atoms with Crippen molar-refractivity contribution in [3.63, 3.8) is 0 Å². The van der Waals surface area contributed by atoms with Gasteiger partial charge in [0, 0.05) is 15.8 Å². The summed E-state index contributed by atoms with van der Waals surface area (Å²) < 4.78 is 6.71. The van der Waals surface area contributed by atoms with Crippen molar-refractivity contribution in [1.29, 1.82) is 0 Å². The summed E-state index contributed by atoms with van der Waals surface area (Å²) in [4.78, 5) is 31.3. The summed E-state index contributed by atoms with van der Waals surface area (Å²) in [6.07, 6.45) is 0.557. The Morgan fingerprint density at radius 2 is 2.00 bits per heavy atom. The van der Waals surface area contributed by atoms with E-state index in [0.717, 1.165) is 15.1 Å². The van der Waals surface area contributed by atoms with E-state index in [1.165, 1.54) is 17.7 Å². The van der Waals surface area contributed by atoms with E-state index < -0.39 is 12.0 Å². The van der Waals surface area contributed by atoms with Gasteiger partial charge in [-0.2, -0.15) is 0 Å². The van der Waals surface area contributed by atoms with E-state index in [0.29, 0.717) is 16.0 Å². The number of carbonyl (C=O) groups excluding carboxylic acids is 1. The fourth-order valence-corrected chi connectivity index (χ4v) is 4.31. The van der Waals surface area contributed by atoms with Gasteiger partial charge < -0.3 is 4.74 Å². The average Bonchev–Trinajstić information content (AvgIpc) is 3.34. The van der Waals surface area contributed by atoms with E-state index in [-0.39, 0.29) is 5.56 Å². The van der Waals surface area contributed by atoms with Crippen molar-refractivity contribution in [3.8, 4) is 16.2 Å². The maximum Gasteiger partial charge on any atom is 0.281 e. The van der Waals surface area contributed by atoms with Crippen molar-refractivity contribution < 1.29 is 9.53 Å². The molecule has 27 heavy (non-hydrogen) atoms. The second-order valence-electron chi connectivity index (χ2n) is 5.78. The van der Waals surface area contributed by atoms with Gasteiger partial charge in [-0.05, 0) is 30.5 Å². The van der Waals surface area contributed by atoms with Gasteiger partial charge in [0.2, 0.25) is 0 Å². The molecule has 3 aromatic heterocycles. The van der Waals surface area contributed by atoms with E-state index >= 15 is 0 Å². The Labute approximate surface area is 162 Å². The molecule has 0 saturated heterocycles. The summed E-state index contributed by atoms with van der Waals surface area (Å²) in [6.45, 7) is 1.63. The molecule has 1 N–H and O–H groups in total. The normalized spacial score (nSPS) is 12.0. The van der Waals surface area contributed by atoms with Crippen LogP contribution in [-0.2, 0) is 4.79 Å². The second-order valence-corrected chi connectivity index (χ2v) is 7.58. The Kier molecular flexibility index (Phi) is 4.74. The third-order valence-electron chi connectivity index (χ3n) is 3.94. The van der Waals surface area contributed by atoms with Gasteiger partial charge in [-0.1, -0.05) is 24.3 Å². The highest BCUT2D eigenvalue weighted by atomic mass is 32.1. The number of hydrogen-bond acceptors (Lipinski definition) is 6. The SMILES string of the molecule is C[C@H](Oc1ccccc1)C(=O)Nn1cnc2scc(-c3cccs3)c2c1=O. The molecule has 0 aliphatic rings. The Morgan fingerprint density at radius 3 is 2.74 bits per heavy atom. The van der Waals surface area contributed by atoms with Crippen LogP contribution in [0.2, 0.25) is 0 Å². The zero-order chi connectivity index (χ0) is 18.8. The molecule has 0 spiro atoms. The smallest absolute Gasteiger partial charge is 0.281 e. The molecule has 0 bridgehead atoms. The Morgan fingerprint density at radius 1 is 1.19 bits per heavy atom. The highest BCUT2D eigenvalue weighted by Crippen LogP contribution is 2.33. The third-order valence-corrected chi connectivity index (χ3v) is 5.73. The van der Waals surface area contributed by atoms with E-state index in [2.05, 4.69) is 10.4 Å². The lowest BCUT2D eigenvalue weighted by atomic mass is 10.2. The van der Waals surface area contributed by atoms with Crippen LogP contribution in [0.5, 0.6) is 5.75 Å². The molecule has 0 saturated carbocycles. The number of thiophene rings is 2. The average molecular weight is 397 g/mol. The molecule has 3 heterocycles. The fourth-order valence-electron chi connectivity index (χ4n) is 2.59. The van der Waals surface area contributed by atoms with Crippen LogP contribution >= 0.6 is 22.7 Å². The highest BCUT2D eigenvalue weighted by molar-refractivity contribution is 7.18. The zero-order valence-electron chi connectivity index (χ0n) is 14.3. The fraction of sp³-hybridized carbons (Fsp3) is 0.105. The van der Waals surface area contributed by atoms with Gasteiger partial charge in [-0.3, -0.25) is 15.0 Å². The Bertz CT molecular complexity index is 1130. The lowest BCUT2D eigenvalue weighted by Crippen LogP contribution is -2.39. The summed E-state index contributed by atoms with van der Waals surface area (Å²) in [5.41, 5.74) is 3.09. The lowest BCUT2D eigenvalue weighted by molar-refractivity contribution is -0.123. The number of nitrogens with zero attached hydrogens (tertiary/aromatic N) is 2. The molecule has 8 heteroatoms. The van der Waals surface area contributed by atoms with Crippen LogP contribution in [0.4, 0.5) is 0 Å². The first-order valence-corrected chi connectivity index (χ1v) is 9.94. The predicted molar refractivity (Wildman–Crippen MR) is 108 cm³/mol. The molecule has 0 fully saturated rings. The summed E-state index contributed by atoms with van der Waals surface area (Å²) in [6, 6.07) is 12.9. The maximum absolute atomic E-state index is 12.9. The second kappa shape index (κ2) is 7.34. The Hall–Kier alpha value is -2.97. The van der Waals surface area contributed by atoms with Crippen molar-refractivity contribution in [2.24, 2.45) is 0 Å².